The van der Waals surface area contributed by atoms with Gasteiger partial charge in [0.1, 0.15) is 19.0 Å². The highest BCUT2D eigenvalue weighted by atomic mass is 16.6. The molecular weight excluding hydrogens is 322 g/mol. The number of cyclic esters (lactones) is 1. The van der Waals surface area contributed by atoms with Gasteiger partial charge in [-0.15, -0.1) is 0 Å². The first kappa shape index (κ1) is 17.7. The van der Waals surface area contributed by atoms with Crippen LogP contribution in [0.3, 0.4) is 0 Å². The SMILES string of the molecule is COCC(=O)N1CCC[C@H](c2cccc(N3C(=O)OCC3(C)C)n2)C1. The summed E-state index contributed by atoms with van der Waals surface area (Å²) >= 11 is 0. The molecule has 0 radical (unpaired) electrons. The molecule has 0 saturated carbocycles. The molecular formula is C18H25N3O4. The van der Waals surface area contributed by atoms with Crippen LogP contribution in [0, 0.1) is 0 Å². The molecule has 3 rings (SSSR count). The van der Waals surface area contributed by atoms with Crippen molar-refractivity contribution in [1.82, 2.24) is 9.88 Å². The number of likely N-dealkylation sites (tertiary alicyclic amines) is 1. The van der Waals surface area contributed by atoms with Crippen LogP contribution in [0.1, 0.15) is 38.3 Å². The Kier molecular flexibility index (Phi) is 4.94. The molecule has 7 nitrogen and oxygen atoms in total. The fourth-order valence-corrected chi connectivity index (χ4v) is 3.47. The van der Waals surface area contributed by atoms with Gasteiger partial charge in [-0.1, -0.05) is 6.07 Å². The van der Waals surface area contributed by atoms with E-state index in [0.29, 0.717) is 19.0 Å². The van der Waals surface area contributed by atoms with Gasteiger partial charge in [0, 0.05) is 31.8 Å². The van der Waals surface area contributed by atoms with Crippen molar-refractivity contribution in [3.8, 4) is 0 Å². The smallest absolute Gasteiger partial charge is 0.416 e. The Morgan fingerprint density at radius 2 is 2.24 bits per heavy atom. The molecule has 3 heterocycles. The van der Waals surface area contributed by atoms with Crippen molar-refractivity contribution in [3.63, 3.8) is 0 Å². The van der Waals surface area contributed by atoms with E-state index in [-0.39, 0.29) is 24.5 Å². The average molecular weight is 347 g/mol. The van der Waals surface area contributed by atoms with Crippen LogP contribution in [-0.2, 0) is 14.3 Å². The van der Waals surface area contributed by atoms with Gasteiger partial charge in [0.05, 0.1) is 5.54 Å². The second kappa shape index (κ2) is 7.00. The van der Waals surface area contributed by atoms with Gasteiger partial charge < -0.3 is 14.4 Å². The van der Waals surface area contributed by atoms with Crippen LogP contribution in [0.4, 0.5) is 10.6 Å². The minimum Gasteiger partial charge on any atom is -0.447 e. The Morgan fingerprint density at radius 3 is 2.92 bits per heavy atom. The van der Waals surface area contributed by atoms with E-state index in [2.05, 4.69) is 0 Å². The number of carbonyl (C=O) groups is 2. The van der Waals surface area contributed by atoms with E-state index >= 15 is 0 Å². The number of ether oxygens (including phenoxy) is 2. The fraction of sp³-hybridized carbons (Fsp3) is 0.611. The number of rotatable bonds is 4. The highest BCUT2D eigenvalue weighted by Crippen LogP contribution is 2.32. The number of amides is 2. The maximum Gasteiger partial charge on any atom is 0.416 e. The molecule has 0 aromatic carbocycles. The van der Waals surface area contributed by atoms with Crippen molar-refractivity contribution >= 4 is 17.8 Å². The number of aromatic nitrogens is 1. The van der Waals surface area contributed by atoms with Crippen LogP contribution in [0.5, 0.6) is 0 Å². The quantitative estimate of drug-likeness (QED) is 0.835. The molecule has 1 aromatic rings. The van der Waals surface area contributed by atoms with E-state index in [4.69, 9.17) is 14.5 Å². The Balaban J connectivity index is 1.79. The topological polar surface area (TPSA) is 72.0 Å². The summed E-state index contributed by atoms with van der Waals surface area (Å²) in [7, 11) is 1.53. The van der Waals surface area contributed by atoms with Crippen molar-refractivity contribution < 1.29 is 19.1 Å². The van der Waals surface area contributed by atoms with Crippen LogP contribution in [0.2, 0.25) is 0 Å². The summed E-state index contributed by atoms with van der Waals surface area (Å²) in [5.41, 5.74) is 0.485. The number of nitrogens with zero attached hydrogens (tertiary/aromatic N) is 3. The summed E-state index contributed by atoms with van der Waals surface area (Å²) in [6, 6.07) is 5.70. The van der Waals surface area contributed by atoms with E-state index in [1.807, 2.05) is 36.9 Å². The summed E-state index contributed by atoms with van der Waals surface area (Å²) < 4.78 is 10.1. The third kappa shape index (κ3) is 3.61. The van der Waals surface area contributed by atoms with E-state index in [9.17, 15) is 9.59 Å². The average Bonchev–Trinajstić information content (AvgIpc) is 2.88. The van der Waals surface area contributed by atoms with Crippen LogP contribution in [0.25, 0.3) is 0 Å². The van der Waals surface area contributed by atoms with Gasteiger partial charge in [-0.25, -0.2) is 9.78 Å². The van der Waals surface area contributed by atoms with Crippen molar-refractivity contribution in [2.75, 3.05) is 38.3 Å². The third-order valence-corrected chi connectivity index (χ3v) is 4.78. The molecule has 0 N–H and O–H groups in total. The van der Waals surface area contributed by atoms with Crippen molar-refractivity contribution in [2.45, 2.75) is 38.1 Å². The maximum atomic E-state index is 12.1. The van der Waals surface area contributed by atoms with Crippen LogP contribution < -0.4 is 4.90 Å². The summed E-state index contributed by atoms with van der Waals surface area (Å²) in [6.45, 7) is 5.75. The van der Waals surface area contributed by atoms with E-state index in [1.165, 1.54) is 7.11 Å². The van der Waals surface area contributed by atoms with E-state index in [0.717, 1.165) is 25.1 Å². The Morgan fingerprint density at radius 1 is 1.44 bits per heavy atom. The van der Waals surface area contributed by atoms with Gasteiger partial charge in [-0.2, -0.15) is 0 Å². The molecule has 1 atom stereocenters. The van der Waals surface area contributed by atoms with E-state index in [1.54, 1.807) is 4.90 Å². The summed E-state index contributed by atoms with van der Waals surface area (Å²) in [4.78, 5) is 32.3. The number of hydrogen-bond donors (Lipinski definition) is 0. The monoisotopic (exact) mass is 347 g/mol. The highest BCUT2D eigenvalue weighted by Gasteiger charge is 2.42. The molecule has 0 spiro atoms. The minimum absolute atomic E-state index is 0.00705. The van der Waals surface area contributed by atoms with Crippen LogP contribution >= 0.6 is 0 Å². The molecule has 2 aliphatic rings. The van der Waals surface area contributed by atoms with Gasteiger partial charge in [-0.05, 0) is 38.8 Å². The lowest BCUT2D eigenvalue weighted by atomic mass is 9.94. The molecule has 0 aliphatic carbocycles. The molecule has 2 saturated heterocycles. The van der Waals surface area contributed by atoms with Gasteiger partial charge in [-0.3, -0.25) is 9.69 Å². The predicted octanol–water partition coefficient (Wildman–Crippen LogP) is 2.17. The Bertz CT molecular complexity index is 661. The number of carbonyl (C=O) groups excluding carboxylic acids is 2. The van der Waals surface area contributed by atoms with Crippen molar-refractivity contribution in [1.29, 1.82) is 0 Å². The summed E-state index contributed by atoms with van der Waals surface area (Å²) in [5.74, 6) is 0.772. The van der Waals surface area contributed by atoms with Crippen LogP contribution in [0.15, 0.2) is 18.2 Å². The molecule has 7 heteroatoms. The molecule has 2 fully saturated rings. The molecule has 2 amide bonds. The predicted molar refractivity (Wildman–Crippen MR) is 92.6 cm³/mol. The van der Waals surface area contributed by atoms with Gasteiger partial charge in [0.2, 0.25) is 5.91 Å². The highest BCUT2D eigenvalue weighted by molar-refractivity contribution is 5.90. The van der Waals surface area contributed by atoms with Crippen molar-refractivity contribution in [2.24, 2.45) is 0 Å². The zero-order valence-electron chi connectivity index (χ0n) is 15.0. The number of methoxy groups -OCH3 is 1. The van der Waals surface area contributed by atoms with Gasteiger partial charge in [0.15, 0.2) is 0 Å². The number of pyridine rings is 1. The number of anilines is 1. The lowest BCUT2D eigenvalue weighted by Gasteiger charge is -2.33. The molecule has 25 heavy (non-hydrogen) atoms. The second-order valence-corrected chi connectivity index (χ2v) is 7.23. The van der Waals surface area contributed by atoms with Gasteiger partial charge in [0.25, 0.3) is 0 Å². The number of piperidine rings is 1. The first-order valence-corrected chi connectivity index (χ1v) is 8.63. The third-order valence-electron chi connectivity index (χ3n) is 4.78. The zero-order valence-corrected chi connectivity index (χ0v) is 15.0. The molecule has 2 aliphatic heterocycles. The first-order valence-electron chi connectivity index (χ1n) is 8.63. The lowest BCUT2D eigenvalue weighted by Crippen LogP contribution is -2.43. The van der Waals surface area contributed by atoms with Crippen LogP contribution in [-0.4, -0.2) is 60.8 Å². The standard InChI is InChI=1S/C18H25N3O4/c1-18(2)12-25-17(23)21(18)15-8-4-7-14(19-15)13-6-5-9-20(10-13)16(22)11-24-3/h4,7-8,13H,5-6,9-12H2,1-3H3/t13-/m0/s1. The van der Waals surface area contributed by atoms with E-state index < -0.39 is 5.54 Å². The summed E-state index contributed by atoms with van der Waals surface area (Å²) in [6.07, 6.45) is 1.54. The number of hydrogen-bond acceptors (Lipinski definition) is 5. The molecule has 1 aromatic heterocycles. The fourth-order valence-electron chi connectivity index (χ4n) is 3.47. The summed E-state index contributed by atoms with van der Waals surface area (Å²) in [5, 5.41) is 0. The second-order valence-electron chi connectivity index (χ2n) is 7.23. The minimum atomic E-state index is -0.421. The Hall–Kier alpha value is -2.15. The molecule has 0 unspecified atom stereocenters. The normalized spacial score (nSPS) is 22.8. The zero-order chi connectivity index (χ0) is 18.0. The molecule has 0 bridgehead atoms. The lowest BCUT2D eigenvalue weighted by molar-refractivity contribution is -0.136. The Labute approximate surface area is 147 Å². The molecule has 136 valence electrons. The van der Waals surface area contributed by atoms with Crippen molar-refractivity contribution in [3.05, 3.63) is 23.9 Å². The first-order chi connectivity index (χ1) is 11.9. The largest absolute Gasteiger partial charge is 0.447 e. The maximum absolute atomic E-state index is 12.1. The van der Waals surface area contributed by atoms with Gasteiger partial charge >= 0.3 is 6.09 Å².